The predicted octanol–water partition coefficient (Wildman–Crippen LogP) is 0.478. The van der Waals surface area contributed by atoms with Crippen LogP contribution in [0.15, 0.2) is 0 Å². The monoisotopic (exact) mass is 561 g/mol. The minimum Gasteiger partial charge on any atom is -0.392 e. The molecule has 0 saturated heterocycles. The van der Waals surface area contributed by atoms with Crippen molar-refractivity contribution in [3.8, 4) is 0 Å². The molecular formula is C21H47B3N2O6S3. The average molecular weight is 561 g/mol. The van der Waals surface area contributed by atoms with Gasteiger partial charge in [-0.05, 0) is 95.2 Å². The lowest BCUT2D eigenvalue weighted by Crippen LogP contribution is -2.45. The number of carbonyl (C=O) groups is 2. The molecule has 14 heteroatoms. The molecule has 0 radical (unpaired) electrons. The highest BCUT2D eigenvalue weighted by Gasteiger charge is 2.39. The first-order valence-corrected chi connectivity index (χ1v) is 13.9. The summed E-state index contributed by atoms with van der Waals surface area (Å²) in [4.78, 5) is 27.2. The molecule has 0 aliphatic rings. The topological polar surface area (TPSA) is 88.5 Å². The van der Waals surface area contributed by atoms with Gasteiger partial charge < -0.3 is 27.5 Å². The molecule has 0 unspecified atom stereocenters. The Morgan fingerprint density at radius 1 is 0.886 bits per heavy atom. The van der Waals surface area contributed by atoms with Crippen molar-refractivity contribution >= 4 is 71.3 Å². The first-order chi connectivity index (χ1) is 18.8. The van der Waals surface area contributed by atoms with Gasteiger partial charge in [0.1, 0.15) is 23.3 Å². The molecule has 0 bridgehead atoms. The van der Waals surface area contributed by atoms with Crippen LogP contribution in [-0.2, 0) is 22.1 Å². The molecule has 0 spiro atoms. The summed E-state index contributed by atoms with van der Waals surface area (Å²) in [7, 11) is 3.87. The number of hydrogen-bond acceptors (Lipinski definition) is 9. The van der Waals surface area contributed by atoms with Gasteiger partial charge in [-0.3, -0.25) is 9.59 Å². The van der Waals surface area contributed by atoms with Crippen LogP contribution in [0, 0.1) is 10.8 Å². The quantitative estimate of drug-likeness (QED) is 0.130. The van der Waals surface area contributed by atoms with E-state index in [0.29, 0.717) is 26.1 Å². The minimum atomic E-state index is -0.980. The van der Waals surface area contributed by atoms with Crippen molar-refractivity contribution in [3.63, 3.8) is 0 Å². The van der Waals surface area contributed by atoms with E-state index in [-0.39, 0.29) is 28.8 Å². The van der Waals surface area contributed by atoms with Crippen LogP contribution in [0.5, 0.6) is 0 Å². The van der Waals surface area contributed by atoms with E-state index in [2.05, 4.69) is 0 Å². The van der Waals surface area contributed by atoms with Crippen LogP contribution in [0.4, 0.5) is 0 Å². The molecule has 0 saturated carbocycles. The summed E-state index contributed by atoms with van der Waals surface area (Å²) in [5.74, 6) is -0.193. The fraction of sp³-hybridized carbons (Fsp3) is 0.905. The lowest BCUT2D eigenvalue weighted by atomic mass is 9.83. The lowest BCUT2D eigenvalue weighted by molar-refractivity contribution is -0.144. The normalized spacial score (nSPS) is 15.5. The fourth-order valence-corrected chi connectivity index (χ4v) is 4.17. The van der Waals surface area contributed by atoms with Crippen molar-refractivity contribution in [3.05, 3.63) is 0 Å². The van der Waals surface area contributed by atoms with Crippen molar-refractivity contribution in [2.24, 2.45) is 10.8 Å². The summed E-state index contributed by atoms with van der Waals surface area (Å²) < 4.78 is 58.6. The molecule has 0 aliphatic carbocycles. The summed E-state index contributed by atoms with van der Waals surface area (Å²) >= 11 is 3.14. The molecule has 204 valence electrons. The molecule has 0 aliphatic heterocycles. The largest absolute Gasteiger partial charge is 0.392 e. The molecule has 2 atom stereocenters. The van der Waals surface area contributed by atoms with Gasteiger partial charge in [0.15, 0.2) is 0 Å². The fourth-order valence-electron chi connectivity index (χ4n) is 2.97. The third kappa shape index (κ3) is 15.1. The van der Waals surface area contributed by atoms with Crippen molar-refractivity contribution in [1.29, 1.82) is 8.01 Å². The molecule has 35 heavy (non-hydrogen) atoms. The SMILES string of the molecule is [2H]B([3H])CSOCC[C@H](O)C(C)(C)C(=O)N(C)C.[2H]B([3H])CSOCC[C@H](OSCB([2H])[3H])C(C)(C)C(=O)N(C)C. The van der Waals surface area contributed by atoms with Crippen molar-refractivity contribution in [2.45, 2.75) is 52.7 Å². The molecule has 0 aromatic rings. The van der Waals surface area contributed by atoms with Crippen LogP contribution >= 0.6 is 36.1 Å². The van der Waals surface area contributed by atoms with Crippen LogP contribution in [0.25, 0.3) is 0 Å². The predicted molar refractivity (Wildman–Crippen MR) is 160 cm³/mol. The Hall–Kier alpha value is 0.0248. The number of carbonyl (C=O) groups excluding carboxylic acids is 2. The van der Waals surface area contributed by atoms with Crippen LogP contribution in [-0.4, -0.2) is 129 Å². The highest BCUT2D eigenvalue weighted by molar-refractivity contribution is 7.96. The maximum atomic E-state index is 12.3. The first-order valence-electron chi connectivity index (χ1n) is 14.7. The van der Waals surface area contributed by atoms with E-state index in [0.717, 1.165) is 36.1 Å². The highest BCUT2D eigenvalue weighted by atomic mass is 32.2. The van der Waals surface area contributed by atoms with Gasteiger partial charge in [0.25, 0.3) is 0 Å². The minimum absolute atomic E-state index is 0.0681. The van der Waals surface area contributed by atoms with Gasteiger partial charge in [-0.25, -0.2) is 0 Å². The third-order valence-corrected chi connectivity index (χ3v) is 6.49. The zero-order chi connectivity index (χ0) is 32.4. The Morgan fingerprint density at radius 3 is 1.77 bits per heavy atom. The zero-order valence-electron chi connectivity index (χ0n) is 28.4. The van der Waals surface area contributed by atoms with Crippen molar-refractivity contribution in [1.82, 2.24) is 9.80 Å². The molecule has 0 aromatic carbocycles. The average Bonchev–Trinajstić information content (AvgIpc) is 2.85. The van der Waals surface area contributed by atoms with E-state index >= 15 is 0 Å². The van der Waals surface area contributed by atoms with Crippen molar-refractivity contribution in [2.75, 3.05) is 58.4 Å². The van der Waals surface area contributed by atoms with Gasteiger partial charge in [0.05, 0.1) is 36.3 Å². The Morgan fingerprint density at radius 2 is 1.31 bits per heavy atom. The number of hydrogen-bond donors (Lipinski definition) is 1. The summed E-state index contributed by atoms with van der Waals surface area (Å²) in [6.07, 6.45) is -0.394. The van der Waals surface area contributed by atoms with E-state index in [4.69, 9.17) is 20.6 Å². The molecule has 0 fully saturated rings. The molecule has 8 nitrogen and oxygen atoms in total. The molecular weight excluding hydrogens is 505 g/mol. The highest BCUT2D eigenvalue weighted by Crippen LogP contribution is 2.31. The van der Waals surface area contributed by atoms with Crippen LogP contribution < -0.4 is 0 Å². The molecule has 1 N–H and O–H groups in total. The van der Waals surface area contributed by atoms with E-state index in [1.165, 1.54) is 9.80 Å². The summed E-state index contributed by atoms with van der Waals surface area (Å²) in [5.41, 5.74) is -0.865. The van der Waals surface area contributed by atoms with Gasteiger partial charge in [0, 0.05) is 34.6 Å². The van der Waals surface area contributed by atoms with E-state index < -0.39 is 46.4 Å². The Bertz CT molecular complexity index is 738. The van der Waals surface area contributed by atoms with Crippen molar-refractivity contribution < 1.29 is 27.2 Å². The lowest BCUT2D eigenvalue weighted by Gasteiger charge is -2.34. The Balaban J connectivity index is 0. The maximum Gasteiger partial charge on any atom is 0.230 e. The van der Waals surface area contributed by atoms with Crippen LogP contribution in [0.3, 0.4) is 0 Å². The van der Waals surface area contributed by atoms with E-state index in [1.807, 2.05) is 0 Å². The standard InChI is InChI=1S/C11H25B2NO3S2.C10H22BNO3S/c1-11(2,10(15)14(3)4)9(17-19-8-13)5-6-16-18-7-12;1-10(2,9(14)12(3)4)8(13)5-6-15-16-7-11/h9H,5-8,12-13H2,1-4H3;8,13H,5-7,11H2,1-4H3/t9-;8-/m00/s1/i12TD,13TD;11TD. The number of rotatable bonds is 20. The van der Waals surface area contributed by atoms with Gasteiger partial charge in [0.2, 0.25) is 11.8 Å². The second kappa shape index (κ2) is 20.0. The number of amides is 2. The summed E-state index contributed by atoms with van der Waals surface area (Å²) in [6, 6.07) is 0. The Labute approximate surface area is 238 Å². The Kier molecular flexibility index (Phi) is 15.2. The molecule has 0 rings (SSSR count). The first kappa shape index (κ1) is 26.6. The second-order valence-corrected chi connectivity index (χ2v) is 11.4. The molecule has 0 heterocycles. The van der Waals surface area contributed by atoms with E-state index in [1.54, 1.807) is 55.9 Å². The van der Waals surface area contributed by atoms with Gasteiger partial charge in [-0.1, -0.05) is 0 Å². The van der Waals surface area contributed by atoms with Gasteiger partial charge >= 0.3 is 0 Å². The number of aliphatic hydroxyl groups is 1. The smallest absolute Gasteiger partial charge is 0.230 e. The number of aliphatic hydroxyl groups excluding tert-OH is 1. The van der Waals surface area contributed by atoms with Gasteiger partial charge in [-0.15, -0.1) is 0 Å². The molecule has 0 aromatic heterocycles. The third-order valence-electron chi connectivity index (χ3n) is 5.05. The maximum absolute atomic E-state index is 12.3. The van der Waals surface area contributed by atoms with E-state index in [9.17, 15) is 14.7 Å². The number of nitrogens with zero attached hydrogens (tertiary/aromatic N) is 2. The second-order valence-electron chi connectivity index (χ2n) is 9.02. The van der Waals surface area contributed by atoms with Crippen LogP contribution in [0.2, 0.25) is 0 Å². The summed E-state index contributed by atoms with van der Waals surface area (Å²) in [5, 5.41) is 9.99. The van der Waals surface area contributed by atoms with Crippen LogP contribution in [0.1, 0.15) is 40.5 Å². The van der Waals surface area contributed by atoms with Gasteiger partial charge in [-0.2, -0.15) is 0 Å². The summed E-state index contributed by atoms with van der Waals surface area (Å²) in [6.45, 7) is 7.64. The zero-order valence-corrected chi connectivity index (χ0v) is 24.9. The molecule has 2 amide bonds.